The van der Waals surface area contributed by atoms with Crippen LogP contribution in [0.15, 0.2) is 170 Å². The molecule has 8 aromatic carbocycles. The molecule has 0 fully saturated rings. The van der Waals surface area contributed by atoms with Crippen molar-refractivity contribution >= 4 is 32.6 Å². The lowest BCUT2D eigenvalue weighted by molar-refractivity contribution is 0.661. The molecule has 262 valence electrons. The van der Waals surface area contributed by atoms with Crippen LogP contribution in [-0.2, 0) is 5.41 Å². The highest BCUT2D eigenvalue weighted by atomic mass is 15.0. The summed E-state index contributed by atoms with van der Waals surface area (Å²) in [7, 11) is 0. The lowest BCUT2D eigenvalue weighted by atomic mass is 9.82. The quantitative estimate of drug-likeness (QED) is 0.182. The topological polar surface area (TPSA) is 43.6 Å². The van der Waals surface area contributed by atoms with Crippen molar-refractivity contribution in [3.63, 3.8) is 0 Å². The van der Waals surface area contributed by atoms with E-state index in [-0.39, 0.29) is 5.41 Å². The van der Waals surface area contributed by atoms with Gasteiger partial charge in [-0.3, -0.25) is 0 Å². The highest BCUT2D eigenvalue weighted by molar-refractivity contribution is 6.19. The third-order valence-corrected chi connectivity index (χ3v) is 12.2. The van der Waals surface area contributed by atoms with E-state index in [0.29, 0.717) is 17.5 Å². The van der Waals surface area contributed by atoms with Crippen molar-refractivity contribution in [3.8, 4) is 73.2 Å². The Morgan fingerprint density at radius 1 is 0.411 bits per heavy atom. The zero-order chi connectivity index (χ0) is 37.1. The number of benzene rings is 8. The summed E-state index contributed by atoms with van der Waals surface area (Å²) in [6, 6.07) is 61.1. The van der Waals surface area contributed by atoms with Crippen LogP contribution in [0.25, 0.3) is 106 Å². The van der Waals surface area contributed by atoms with Crippen molar-refractivity contribution in [1.29, 1.82) is 0 Å². The molecule has 0 saturated heterocycles. The van der Waals surface area contributed by atoms with Crippen molar-refractivity contribution in [1.82, 2.24) is 19.5 Å². The number of hydrogen-bond donors (Lipinski definition) is 0. The normalized spacial score (nSPS) is 13.3. The maximum Gasteiger partial charge on any atom is 0.164 e. The largest absolute Gasteiger partial charge is 0.309 e. The van der Waals surface area contributed by atoms with E-state index in [1.54, 1.807) is 0 Å². The minimum atomic E-state index is -0.131. The van der Waals surface area contributed by atoms with Crippen molar-refractivity contribution in [3.05, 3.63) is 181 Å². The maximum absolute atomic E-state index is 5.31. The summed E-state index contributed by atoms with van der Waals surface area (Å²) in [6.07, 6.45) is 0. The van der Waals surface area contributed by atoms with E-state index in [1.165, 1.54) is 71.5 Å². The minimum Gasteiger partial charge on any atom is -0.309 e. The molecule has 2 heterocycles. The molecule has 0 aliphatic heterocycles. The molecule has 0 spiro atoms. The smallest absolute Gasteiger partial charge is 0.164 e. The number of rotatable bonds is 4. The summed E-state index contributed by atoms with van der Waals surface area (Å²) in [6.45, 7) is 4.72. The lowest BCUT2D eigenvalue weighted by Crippen LogP contribution is -2.15. The van der Waals surface area contributed by atoms with Crippen LogP contribution < -0.4 is 0 Å². The molecule has 0 saturated carbocycles. The standard InChI is InChI=1S/C52H34N4/c1-52(2)43-25-11-9-21-35(43)39-29-40-36-22-10-12-26-45(36)56(46(40)30-44(39)52)34-27-41-37-23-13-19-31-20-14-24-38(47(31)37)48(41)42(28-34)51-54-49(32-15-5-3-6-16-32)53-50(55-51)33-17-7-4-8-18-33/h3-30H,1-2H3. The Balaban J connectivity index is 1.19. The first-order valence-corrected chi connectivity index (χ1v) is 19.3. The van der Waals surface area contributed by atoms with Gasteiger partial charge in [-0.15, -0.1) is 0 Å². The van der Waals surface area contributed by atoms with Crippen LogP contribution in [0.1, 0.15) is 25.0 Å². The molecule has 2 aromatic heterocycles. The Hall–Kier alpha value is -7.17. The zero-order valence-electron chi connectivity index (χ0n) is 31.0. The van der Waals surface area contributed by atoms with E-state index in [2.05, 4.69) is 152 Å². The second kappa shape index (κ2) is 11.4. The molecular weight excluding hydrogens is 681 g/mol. The van der Waals surface area contributed by atoms with Crippen molar-refractivity contribution in [2.75, 3.05) is 0 Å². The van der Waals surface area contributed by atoms with E-state index in [1.807, 2.05) is 36.4 Å². The second-order valence-electron chi connectivity index (χ2n) is 15.6. The van der Waals surface area contributed by atoms with E-state index in [9.17, 15) is 0 Å². The summed E-state index contributed by atoms with van der Waals surface area (Å²) in [5, 5.41) is 4.97. The molecule has 0 radical (unpaired) electrons. The highest BCUT2D eigenvalue weighted by Gasteiger charge is 2.36. The van der Waals surface area contributed by atoms with Crippen LogP contribution in [0.3, 0.4) is 0 Å². The monoisotopic (exact) mass is 714 g/mol. The molecule has 0 unspecified atom stereocenters. The number of aromatic nitrogens is 4. The van der Waals surface area contributed by atoms with Crippen LogP contribution >= 0.6 is 0 Å². The van der Waals surface area contributed by atoms with Crippen LogP contribution in [0.4, 0.5) is 0 Å². The van der Waals surface area contributed by atoms with Gasteiger partial charge in [0.2, 0.25) is 0 Å². The molecule has 0 atom stereocenters. The van der Waals surface area contributed by atoms with Crippen LogP contribution in [0, 0.1) is 0 Å². The first-order chi connectivity index (χ1) is 27.5. The third kappa shape index (κ3) is 4.32. The van der Waals surface area contributed by atoms with Crippen molar-refractivity contribution in [2.24, 2.45) is 0 Å². The van der Waals surface area contributed by atoms with Gasteiger partial charge in [0.05, 0.1) is 11.0 Å². The third-order valence-electron chi connectivity index (χ3n) is 12.2. The molecule has 0 bridgehead atoms. The summed E-state index contributed by atoms with van der Waals surface area (Å²) in [4.78, 5) is 15.7. The van der Waals surface area contributed by atoms with Gasteiger partial charge < -0.3 is 4.57 Å². The van der Waals surface area contributed by atoms with Gasteiger partial charge in [0.25, 0.3) is 0 Å². The molecule has 12 rings (SSSR count). The first-order valence-electron chi connectivity index (χ1n) is 19.3. The SMILES string of the molecule is CC1(C)c2ccccc2-c2cc3c4ccccc4n(-c4cc(-c5nc(-c6ccccc6)nc(-c6ccccc6)n5)c5c(c4)-c4cccc6cccc-5c46)c3cc21. The molecule has 4 nitrogen and oxygen atoms in total. The fourth-order valence-electron chi connectivity index (χ4n) is 9.58. The molecule has 10 aromatic rings. The van der Waals surface area contributed by atoms with Crippen LogP contribution in [-0.4, -0.2) is 19.5 Å². The maximum atomic E-state index is 5.31. The van der Waals surface area contributed by atoms with Gasteiger partial charge in [0.15, 0.2) is 17.5 Å². The highest BCUT2D eigenvalue weighted by Crippen LogP contribution is 2.54. The number of nitrogens with zero attached hydrogens (tertiary/aromatic N) is 4. The molecule has 0 amide bonds. The summed E-state index contributed by atoms with van der Waals surface area (Å²) in [5.41, 5.74) is 16.4. The Morgan fingerprint density at radius 3 is 1.77 bits per heavy atom. The minimum absolute atomic E-state index is 0.131. The fraction of sp³-hybridized carbons (Fsp3) is 0.0577. The van der Waals surface area contributed by atoms with Crippen LogP contribution in [0.5, 0.6) is 0 Å². The van der Waals surface area contributed by atoms with E-state index < -0.39 is 0 Å². The van der Waals surface area contributed by atoms with Crippen molar-refractivity contribution in [2.45, 2.75) is 19.3 Å². The van der Waals surface area contributed by atoms with Gasteiger partial charge in [0.1, 0.15) is 0 Å². The predicted octanol–water partition coefficient (Wildman–Crippen LogP) is 13.1. The Kier molecular flexibility index (Phi) is 6.37. The first kappa shape index (κ1) is 31.2. The van der Waals surface area contributed by atoms with Gasteiger partial charge in [-0.1, -0.05) is 153 Å². The molecular formula is C52H34N4. The number of hydrogen-bond acceptors (Lipinski definition) is 3. The summed E-state index contributed by atoms with van der Waals surface area (Å²) in [5.74, 6) is 1.95. The van der Waals surface area contributed by atoms with E-state index in [0.717, 1.165) is 27.9 Å². The Labute approximate surface area is 324 Å². The summed E-state index contributed by atoms with van der Waals surface area (Å²) < 4.78 is 2.47. The van der Waals surface area contributed by atoms with Gasteiger partial charge in [-0.05, 0) is 80.0 Å². The second-order valence-corrected chi connectivity index (χ2v) is 15.6. The molecule has 0 N–H and O–H groups in total. The molecule has 4 heteroatoms. The Bertz CT molecular complexity index is 3200. The zero-order valence-corrected chi connectivity index (χ0v) is 31.0. The van der Waals surface area contributed by atoms with Crippen LogP contribution in [0.2, 0.25) is 0 Å². The van der Waals surface area contributed by atoms with Gasteiger partial charge in [0, 0.05) is 44.1 Å². The molecule has 2 aliphatic rings. The number of para-hydroxylation sites is 1. The van der Waals surface area contributed by atoms with E-state index in [4.69, 9.17) is 15.0 Å². The predicted molar refractivity (Wildman–Crippen MR) is 230 cm³/mol. The average molecular weight is 715 g/mol. The average Bonchev–Trinajstić information content (AvgIpc) is 3.84. The fourth-order valence-corrected chi connectivity index (χ4v) is 9.58. The van der Waals surface area contributed by atoms with Crippen molar-refractivity contribution < 1.29 is 0 Å². The molecule has 56 heavy (non-hydrogen) atoms. The van der Waals surface area contributed by atoms with Gasteiger partial charge >= 0.3 is 0 Å². The lowest BCUT2D eigenvalue weighted by Gasteiger charge is -2.22. The van der Waals surface area contributed by atoms with Gasteiger partial charge in [-0.25, -0.2) is 15.0 Å². The summed E-state index contributed by atoms with van der Waals surface area (Å²) >= 11 is 0. The number of fused-ring (bicyclic) bond motifs is 9. The van der Waals surface area contributed by atoms with Gasteiger partial charge in [-0.2, -0.15) is 0 Å². The Morgan fingerprint density at radius 2 is 1.02 bits per heavy atom. The molecule has 2 aliphatic carbocycles. The van der Waals surface area contributed by atoms with E-state index >= 15 is 0 Å².